The number of anilines is 2. The number of halogens is 2. The molecule has 0 radical (unpaired) electrons. The highest BCUT2D eigenvalue weighted by Crippen LogP contribution is 2.34. The lowest BCUT2D eigenvalue weighted by Crippen LogP contribution is -2.42. The van der Waals surface area contributed by atoms with Gasteiger partial charge in [0.05, 0.1) is 30.2 Å². The van der Waals surface area contributed by atoms with Crippen molar-refractivity contribution in [1.82, 2.24) is 24.9 Å². The molecule has 1 saturated heterocycles. The average molecular weight is 484 g/mol. The SMILES string of the molecule is CCNC1CCN(c2cc(F)c(C(=O)Nc3cn4cc(C)nc4c(F)c3OC)c3[nH]ncc23)CC1. The monoisotopic (exact) mass is 483 g/mol. The maximum absolute atomic E-state index is 15.4. The van der Waals surface area contributed by atoms with Crippen LogP contribution in [0.3, 0.4) is 0 Å². The number of amides is 1. The van der Waals surface area contributed by atoms with Crippen molar-refractivity contribution in [2.45, 2.75) is 32.7 Å². The minimum absolute atomic E-state index is 0.0570. The summed E-state index contributed by atoms with van der Waals surface area (Å²) in [6.07, 6.45) is 6.59. The van der Waals surface area contributed by atoms with Gasteiger partial charge in [0.1, 0.15) is 17.1 Å². The number of benzene rings is 1. The van der Waals surface area contributed by atoms with E-state index in [1.807, 2.05) is 0 Å². The van der Waals surface area contributed by atoms with Gasteiger partial charge in [0.2, 0.25) is 5.82 Å². The van der Waals surface area contributed by atoms with Gasteiger partial charge in [0.25, 0.3) is 5.91 Å². The summed E-state index contributed by atoms with van der Waals surface area (Å²) in [5.41, 5.74) is 1.50. The summed E-state index contributed by atoms with van der Waals surface area (Å²) in [4.78, 5) is 19.5. The molecule has 35 heavy (non-hydrogen) atoms. The van der Waals surface area contributed by atoms with Gasteiger partial charge in [-0.25, -0.2) is 9.37 Å². The molecule has 0 bridgehead atoms. The summed E-state index contributed by atoms with van der Waals surface area (Å²) < 4.78 is 37.0. The van der Waals surface area contributed by atoms with Crippen LogP contribution in [0.5, 0.6) is 5.75 Å². The number of H-pyrrole nitrogens is 1. The summed E-state index contributed by atoms with van der Waals surface area (Å²) in [7, 11) is 1.29. The summed E-state index contributed by atoms with van der Waals surface area (Å²) in [6.45, 7) is 6.26. The van der Waals surface area contributed by atoms with E-state index >= 15 is 4.39 Å². The van der Waals surface area contributed by atoms with Crippen molar-refractivity contribution in [1.29, 1.82) is 0 Å². The van der Waals surface area contributed by atoms with E-state index in [1.54, 1.807) is 19.3 Å². The second-order valence-corrected chi connectivity index (χ2v) is 8.69. The predicted octanol–water partition coefficient (Wildman–Crippen LogP) is 3.64. The predicted molar refractivity (Wildman–Crippen MR) is 129 cm³/mol. The summed E-state index contributed by atoms with van der Waals surface area (Å²) in [6, 6.07) is 1.82. The van der Waals surface area contributed by atoms with Gasteiger partial charge in [-0.15, -0.1) is 0 Å². The molecular weight excluding hydrogens is 456 g/mol. The maximum atomic E-state index is 15.4. The number of hydrogen-bond donors (Lipinski definition) is 3. The van der Waals surface area contributed by atoms with Crippen molar-refractivity contribution in [3.05, 3.63) is 47.5 Å². The number of imidazole rings is 1. The van der Waals surface area contributed by atoms with Crippen molar-refractivity contribution in [2.24, 2.45) is 0 Å². The Morgan fingerprint density at radius 1 is 1.29 bits per heavy atom. The fourth-order valence-corrected chi connectivity index (χ4v) is 4.82. The van der Waals surface area contributed by atoms with E-state index < -0.39 is 17.5 Å². The second-order valence-electron chi connectivity index (χ2n) is 8.69. The molecule has 0 atom stereocenters. The fourth-order valence-electron chi connectivity index (χ4n) is 4.82. The Kier molecular flexibility index (Phi) is 6.01. The first-order valence-corrected chi connectivity index (χ1v) is 11.6. The number of ether oxygens (including phenoxy) is 1. The zero-order valence-corrected chi connectivity index (χ0v) is 19.8. The lowest BCUT2D eigenvalue weighted by atomic mass is 10.0. The molecule has 11 heteroatoms. The number of methoxy groups -OCH3 is 1. The third-order valence-electron chi connectivity index (χ3n) is 6.44. The molecule has 1 aliphatic rings. The Balaban J connectivity index is 1.48. The number of aryl methyl sites for hydroxylation is 1. The number of aromatic amines is 1. The molecule has 0 unspecified atom stereocenters. The van der Waals surface area contributed by atoms with Crippen molar-refractivity contribution in [3.63, 3.8) is 0 Å². The second kappa shape index (κ2) is 9.14. The van der Waals surface area contributed by atoms with Crippen molar-refractivity contribution < 1.29 is 18.3 Å². The molecule has 4 heterocycles. The van der Waals surface area contributed by atoms with Gasteiger partial charge in [-0.2, -0.15) is 9.49 Å². The summed E-state index contributed by atoms with van der Waals surface area (Å²) in [5.74, 6) is -2.34. The number of pyridine rings is 1. The van der Waals surface area contributed by atoms with E-state index in [4.69, 9.17) is 4.74 Å². The van der Waals surface area contributed by atoms with Gasteiger partial charge in [0, 0.05) is 36.9 Å². The Morgan fingerprint density at radius 2 is 2.06 bits per heavy atom. The van der Waals surface area contributed by atoms with E-state index in [9.17, 15) is 9.18 Å². The normalized spacial score (nSPS) is 14.7. The van der Waals surface area contributed by atoms with Gasteiger partial charge in [-0.3, -0.25) is 9.89 Å². The zero-order chi connectivity index (χ0) is 24.7. The molecule has 1 aliphatic heterocycles. The smallest absolute Gasteiger partial charge is 0.260 e. The molecule has 3 aromatic heterocycles. The van der Waals surface area contributed by atoms with E-state index in [2.05, 4.69) is 37.6 Å². The van der Waals surface area contributed by atoms with Crippen LogP contribution in [0.1, 0.15) is 35.8 Å². The van der Waals surface area contributed by atoms with Gasteiger partial charge >= 0.3 is 0 Å². The first-order chi connectivity index (χ1) is 16.9. The first kappa shape index (κ1) is 23.0. The highest BCUT2D eigenvalue weighted by Gasteiger charge is 2.26. The van der Waals surface area contributed by atoms with Gasteiger partial charge in [-0.1, -0.05) is 6.92 Å². The number of aromatic nitrogens is 4. The maximum Gasteiger partial charge on any atom is 0.260 e. The summed E-state index contributed by atoms with van der Waals surface area (Å²) in [5, 5.41) is 13.6. The number of carbonyl (C=O) groups excluding carboxylic acids is 1. The Bertz CT molecular complexity index is 1410. The molecule has 9 nitrogen and oxygen atoms in total. The quantitative estimate of drug-likeness (QED) is 0.387. The van der Waals surface area contributed by atoms with E-state index in [0.29, 0.717) is 22.8 Å². The molecule has 5 rings (SSSR count). The lowest BCUT2D eigenvalue weighted by molar-refractivity contribution is 0.102. The van der Waals surface area contributed by atoms with Crippen LogP contribution in [-0.4, -0.2) is 58.3 Å². The van der Waals surface area contributed by atoms with E-state index in [-0.39, 0.29) is 28.2 Å². The Morgan fingerprint density at radius 3 is 2.77 bits per heavy atom. The molecule has 1 fully saturated rings. The van der Waals surface area contributed by atoms with Gasteiger partial charge < -0.3 is 24.7 Å². The molecule has 0 saturated carbocycles. The molecule has 184 valence electrons. The van der Waals surface area contributed by atoms with Crippen molar-refractivity contribution >= 4 is 33.8 Å². The van der Waals surface area contributed by atoms with Crippen LogP contribution in [0.2, 0.25) is 0 Å². The number of fused-ring (bicyclic) bond motifs is 2. The average Bonchev–Trinajstić information content (AvgIpc) is 3.46. The highest BCUT2D eigenvalue weighted by molar-refractivity contribution is 6.14. The summed E-state index contributed by atoms with van der Waals surface area (Å²) >= 11 is 0. The van der Waals surface area contributed by atoms with Crippen LogP contribution in [0.25, 0.3) is 16.6 Å². The fraction of sp³-hybridized carbons (Fsp3) is 0.375. The van der Waals surface area contributed by atoms with Crippen LogP contribution in [0.15, 0.2) is 24.7 Å². The Labute approximate surface area is 200 Å². The number of nitrogens with zero attached hydrogens (tertiary/aromatic N) is 4. The molecule has 0 aliphatic carbocycles. The van der Waals surface area contributed by atoms with Crippen LogP contribution in [0, 0.1) is 18.6 Å². The van der Waals surface area contributed by atoms with Gasteiger partial charge in [0.15, 0.2) is 11.4 Å². The minimum Gasteiger partial charge on any atom is -0.491 e. The molecule has 1 amide bonds. The van der Waals surface area contributed by atoms with Crippen molar-refractivity contribution in [2.75, 3.05) is 37.0 Å². The highest BCUT2D eigenvalue weighted by atomic mass is 19.1. The van der Waals surface area contributed by atoms with Crippen molar-refractivity contribution in [3.8, 4) is 5.75 Å². The van der Waals surface area contributed by atoms with E-state index in [0.717, 1.165) is 32.5 Å². The largest absolute Gasteiger partial charge is 0.491 e. The standard InChI is InChI=1S/C24H27F2N7O2/c1-4-27-14-5-7-32(8-6-14)18-9-16(25)19(21-15(18)10-28-31-21)24(34)30-17-12-33-11-13(2)29-23(33)20(26)22(17)35-3/h9-12,14,27H,4-8H2,1-3H3,(H,28,31)(H,30,34). The molecule has 1 aromatic carbocycles. The first-order valence-electron chi connectivity index (χ1n) is 11.6. The van der Waals surface area contributed by atoms with E-state index in [1.165, 1.54) is 23.8 Å². The Hall–Kier alpha value is -3.73. The lowest BCUT2D eigenvalue weighted by Gasteiger charge is -2.34. The number of nitrogens with one attached hydrogen (secondary N) is 3. The zero-order valence-electron chi connectivity index (χ0n) is 19.8. The van der Waals surface area contributed by atoms with Crippen LogP contribution in [0.4, 0.5) is 20.2 Å². The van der Waals surface area contributed by atoms with Gasteiger partial charge in [-0.05, 0) is 32.4 Å². The molecule has 0 spiro atoms. The third kappa shape index (κ3) is 4.05. The molecule has 4 aromatic rings. The van der Waals surface area contributed by atoms with Crippen LogP contribution in [-0.2, 0) is 0 Å². The van der Waals surface area contributed by atoms with Crippen LogP contribution >= 0.6 is 0 Å². The number of piperidine rings is 1. The molecular formula is C24H27F2N7O2. The topological polar surface area (TPSA) is 99.6 Å². The number of carbonyl (C=O) groups is 1. The minimum atomic E-state index is -0.747. The number of hydrogen-bond acceptors (Lipinski definition) is 6. The number of rotatable bonds is 6. The molecule has 3 N–H and O–H groups in total. The third-order valence-corrected chi connectivity index (χ3v) is 6.44. The van der Waals surface area contributed by atoms with Crippen LogP contribution < -0.4 is 20.3 Å².